The van der Waals surface area contributed by atoms with Gasteiger partial charge in [-0.2, -0.15) is 0 Å². The van der Waals surface area contributed by atoms with Crippen molar-refractivity contribution in [2.24, 2.45) is 0 Å². The second-order valence-electron chi connectivity index (χ2n) is 10.3. The van der Waals surface area contributed by atoms with Crippen LogP contribution in [-0.2, 0) is 11.0 Å². The second-order valence-corrected chi connectivity index (χ2v) is 10.3. The molecule has 4 aromatic rings. The Kier molecular flexibility index (Phi) is 8.38. The van der Waals surface area contributed by atoms with Crippen LogP contribution in [0.5, 0.6) is 11.5 Å². The summed E-state index contributed by atoms with van der Waals surface area (Å²) >= 11 is 0. The van der Waals surface area contributed by atoms with Gasteiger partial charge in [0.05, 0.1) is 24.8 Å². The summed E-state index contributed by atoms with van der Waals surface area (Å²) in [6.07, 6.45) is -5.48. The average Bonchev–Trinajstić information content (AvgIpc) is 3.41. The molecule has 0 aliphatic carbocycles. The number of rotatable bonds is 10. The molecule has 0 spiro atoms. The van der Waals surface area contributed by atoms with E-state index in [1.54, 1.807) is 0 Å². The summed E-state index contributed by atoms with van der Waals surface area (Å²) in [5.74, 6) is -1.69. The van der Waals surface area contributed by atoms with E-state index in [0.29, 0.717) is 0 Å². The van der Waals surface area contributed by atoms with Gasteiger partial charge in [0.25, 0.3) is 18.8 Å². The van der Waals surface area contributed by atoms with Gasteiger partial charge < -0.3 is 19.9 Å². The number of carbonyl (C=O) groups excluding carboxylic acids is 1. The van der Waals surface area contributed by atoms with Crippen LogP contribution < -0.4 is 14.8 Å². The number of halogens is 7. The summed E-state index contributed by atoms with van der Waals surface area (Å²) in [6.45, 7) is -4.14. The maximum atomic E-state index is 14.6. The molecular formula is C30H24F7N3O4. The van der Waals surface area contributed by atoms with Crippen LogP contribution in [0.4, 0.5) is 30.7 Å². The Morgan fingerprint density at radius 2 is 1.82 bits per heavy atom. The first kappa shape index (κ1) is 31.0. The summed E-state index contributed by atoms with van der Waals surface area (Å²) in [5, 5.41) is 13.6. The Labute approximate surface area is 245 Å². The molecular weight excluding hydrogens is 599 g/mol. The minimum Gasteiger partial charge on any atom is -0.494 e. The van der Waals surface area contributed by atoms with Crippen molar-refractivity contribution in [2.75, 3.05) is 33.6 Å². The Morgan fingerprint density at radius 1 is 1.11 bits per heavy atom. The molecule has 1 aliphatic heterocycles. The van der Waals surface area contributed by atoms with Crippen molar-refractivity contribution in [2.45, 2.75) is 23.9 Å². The lowest BCUT2D eigenvalue weighted by Gasteiger charge is -2.29. The highest BCUT2D eigenvalue weighted by Crippen LogP contribution is 2.46. The largest absolute Gasteiger partial charge is 0.494 e. The maximum absolute atomic E-state index is 14.6. The monoisotopic (exact) mass is 623 g/mol. The van der Waals surface area contributed by atoms with E-state index in [1.165, 1.54) is 31.4 Å². The molecule has 3 heterocycles. The maximum Gasteiger partial charge on any atom is 0.274 e. The number of aromatic nitrogens is 2. The highest BCUT2D eigenvalue weighted by Gasteiger charge is 2.48. The predicted octanol–water partition coefficient (Wildman–Crippen LogP) is 5.83. The van der Waals surface area contributed by atoms with Crippen LogP contribution in [0.25, 0.3) is 22.2 Å². The lowest BCUT2D eigenvalue weighted by molar-refractivity contribution is -0.101. The van der Waals surface area contributed by atoms with Gasteiger partial charge >= 0.3 is 0 Å². The third-order valence-corrected chi connectivity index (χ3v) is 7.49. The number of hydrogen-bond acceptors (Lipinski definition) is 6. The normalized spacial score (nSPS) is 15.2. The SMILES string of the molecule is COc1cc(C(=O)NC[C@](O)(c2cc3c(c(-c4ccc(F)cc4)n2)OCC3(CF)CF)C(F)F)cc2cc(C(F)F)cnc12. The third kappa shape index (κ3) is 5.38. The van der Waals surface area contributed by atoms with Gasteiger partial charge in [-0.05, 0) is 48.5 Å². The van der Waals surface area contributed by atoms with Gasteiger partial charge in [0.2, 0.25) is 0 Å². The second kappa shape index (κ2) is 11.9. The van der Waals surface area contributed by atoms with Crippen LogP contribution in [0.15, 0.2) is 54.7 Å². The molecule has 0 fully saturated rings. The van der Waals surface area contributed by atoms with Gasteiger partial charge in [0, 0.05) is 33.8 Å². The quantitative estimate of drug-likeness (QED) is 0.216. The Bertz CT molecular complexity index is 1700. The van der Waals surface area contributed by atoms with E-state index in [-0.39, 0.29) is 44.8 Å². The standard InChI is InChI=1S/C30H24F7N3O4/c1-43-21-8-17(6-16-7-18(26(34)35)10-38-23(16)21)27(41)39-13-30(42,28(36)37)22-9-20-25(44-14-29(20,11-31)12-32)24(40-22)15-2-4-19(33)5-3-15/h2-10,26,28,42H,11-14H2,1H3,(H,39,41)/t30-/m0/s1. The van der Waals surface area contributed by atoms with Gasteiger partial charge in [-0.3, -0.25) is 9.78 Å². The zero-order chi connectivity index (χ0) is 31.8. The summed E-state index contributed by atoms with van der Waals surface area (Å²) in [4.78, 5) is 21.2. The summed E-state index contributed by atoms with van der Waals surface area (Å²) < 4.78 is 108. The number of nitrogens with one attached hydrogen (secondary N) is 1. The van der Waals surface area contributed by atoms with E-state index in [0.717, 1.165) is 30.5 Å². The number of ether oxygens (including phenoxy) is 2. The number of amides is 1. The Morgan fingerprint density at radius 3 is 2.43 bits per heavy atom. The van der Waals surface area contributed by atoms with Gasteiger partial charge in [-0.15, -0.1) is 0 Å². The number of carbonyl (C=O) groups is 1. The number of nitrogens with zero attached hydrogens (tertiary/aromatic N) is 2. The molecule has 0 radical (unpaired) electrons. The number of alkyl halides is 6. The lowest BCUT2D eigenvalue weighted by atomic mass is 9.83. The fourth-order valence-electron chi connectivity index (χ4n) is 4.88. The summed E-state index contributed by atoms with van der Waals surface area (Å²) in [6, 6.07) is 9.02. The van der Waals surface area contributed by atoms with Crippen LogP contribution >= 0.6 is 0 Å². The number of fused-ring (bicyclic) bond motifs is 2. The number of pyridine rings is 2. The van der Waals surface area contributed by atoms with Gasteiger partial charge in [-0.25, -0.2) is 35.7 Å². The molecule has 1 aliphatic rings. The first-order valence-corrected chi connectivity index (χ1v) is 13.1. The molecule has 14 heteroatoms. The van der Waals surface area contributed by atoms with Crippen molar-refractivity contribution in [3.05, 3.63) is 82.9 Å². The van der Waals surface area contributed by atoms with Crippen molar-refractivity contribution in [1.82, 2.24) is 15.3 Å². The van der Waals surface area contributed by atoms with Crippen molar-refractivity contribution >= 4 is 16.8 Å². The highest BCUT2D eigenvalue weighted by atomic mass is 19.3. The van der Waals surface area contributed by atoms with Gasteiger partial charge in [0.1, 0.15) is 48.5 Å². The van der Waals surface area contributed by atoms with E-state index < -0.39 is 73.3 Å². The van der Waals surface area contributed by atoms with Gasteiger partial charge in [0.15, 0.2) is 5.60 Å². The van der Waals surface area contributed by atoms with Crippen molar-refractivity contribution in [3.8, 4) is 22.8 Å². The first-order chi connectivity index (χ1) is 21.0. The van der Waals surface area contributed by atoms with E-state index in [1.807, 2.05) is 0 Å². The molecule has 2 aromatic carbocycles. The topological polar surface area (TPSA) is 93.6 Å². The number of methoxy groups -OCH3 is 1. The molecule has 2 N–H and O–H groups in total. The molecule has 0 saturated carbocycles. The fourth-order valence-corrected chi connectivity index (χ4v) is 4.88. The molecule has 2 aromatic heterocycles. The third-order valence-electron chi connectivity index (χ3n) is 7.49. The van der Waals surface area contributed by atoms with Crippen LogP contribution in [0.1, 0.15) is 33.6 Å². The predicted molar refractivity (Wildman–Crippen MR) is 144 cm³/mol. The molecule has 7 nitrogen and oxygen atoms in total. The number of benzene rings is 2. The van der Waals surface area contributed by atoms with E-state index in [2.05, 4.69) is 15.3 Å². The highest BCUT2D eigenvalue weighted by molar-refractivity contribution is 6.00. The van der Waals surface area contributed by atoms with E-state index in [9.17, 15) is 40.6 Å². The van der Waals surface area contributed by atoms with Crippen LogP contribution in [0, 0.1) is 5.82 Å². The molecule has 232 valence electrons. The Balaban J connectivity index is 1.54. The van der Waals surface area contributed by atoms with E-state index >= 15 is 0 Å². The Hall–Kier alpha value is -4.46. The number of aliphatic hydroxyl groups is 1. The molecule has 1 amide bonds. The zero-order valence-corrected chi connectivity index (χ0v) is 22.9. The number of hydrogen-bond donors (Lipinski definition) is 2. The lowest BCUT2D eigenvalue weighted by Crippen LogP contribution is -2.46. The van der Waals surface area contributed by atoms with E-state index in [4.69, 9.17) is 9.47 Å². The minimum absolute atomic E-state index is 0.0376. The van der Waals surface area contributed by atoms with Crippen LogP contribution in [-0.4, -0.2) is 61.0 Å². The molecule has 5 rings (SSSR count). The van der Waals surface area contributed by atoms with Crippen molar-refractivity contribution < 1.29 is 50.1 Å². The van der Waals surface area contributed by atoms with Gasteiger partial charge in [-0.1, -0.05) is 0 Å². The zero-order valence-electron chi connectivity index (χ0n) is 22.9. The molecule has 0 unspecified atom stereocenters. The van der Waals surface area contributed by atoms with Crippen LogP contribution in [0.2, 0.25) is 0 Å². The molecule has 0 bridgehead atoms. The molecule has 44 heavy (non-hydrogen) atoms. The summed E-state index contributed by atoms with van der Waals surface area (Å²) in [7, 11) is 1.26. The molecule has 0 saturated heterocycles. The smallest absolute Gasteiger partial charge is 0.274 e. The van der Waals surface area contributed by atoms with Crippen LogP contribution in [0.3, 0.4) is 0 Å². The fraction of sp³-hybridized carbons (Fsp3) is 0.300. The molecule has 1 atom stereocenters. The van der Waals surface area contributed by atoms with Crippen molar-refractivity contribution in [1.29, 1.82) is 0 Å². The summed E-state index contributed by atoms with van der Waals surface area (Å²) in [5.41, 5.74) is -6.43. The first-order valence-electron chi connectivity index (χ1n) is 13.1. The minimum atomic E-state index is -3.58. The average molecular weight is 624 g/mol. The van der Waals surface area contributed by atoms with Crippen molar-refractivity contribution in [3.63, 3.8) is 0 Å².